The molecule has 0 amide bonds. The summed E-state index contributed by atoms with van der Waals surface area (Å²) in [7, 11) is 0. The van der Waals surface area contributed by atoms with E-state index >= 15 is 0 Å². The van der Waals surface area contributed by atoms with E-state index in [2.05, 4.69) is 17.0 Å². The first-order valence-corrected chi connectivity index (χ1v) is 19.5. The number of fused-ring (bicyclic) bond motifs is 3. The highest BCUT2D eigenvalue weighted by molar-refractivity contribution is 6.11. The lowest BCUT2D eigenvalue weighted by Crippen LogP contribution is -2.06. The quantitative estimate of drug-likeness (QED) is 0.149. The number of hydrogen-bond donors (Lipinski definition) is 0. The Hall–Kier alpha value is -9.03. The lowest BCUT2D eigenvalue weighted by atomic mass is 9.99. The third-order valence-corrected chi connectivity index (χ3v) is 10.7. The van der Waals surface area contributed by atoms with Gasteiger partial charge in [0.2, 0.25) is 0 Å². The Morgan fingerprint density at radius 2 is 0.820 bits per heavy atom. The van der Waals surface area contributed by atoms with E-state index in [9.17, 15) is 10.5 Å². The van der Waals surface area contributed by atoms with Gasteiger partial charge in [-0.1, -0.05) is 140 Å². The highest BCUT2D eigenvalue weighted by Crippen LogP contribution is 2.43. The Kier molecular flexibility index (Phi) is 9.16. The van der Waals surface area contributed by atoms with Crippen LogP contribution in [-0.4, -0.2) is 24.5 Å². The molecule has 0 aliphatic rings. The van der Waals surface area contributed by atoms with Crippen molar-refractivity contribution in [3.63, 3.8) is 0 Å². The molecule has 3 aromatic heterocycles. The molecule has 8 nitrogen and oxygen atoms in total. The highest BCUT2D eigenvalue weighted by atomic mass is 15.0. The summed E-state index contributed by atoms with van der Waals surface area (Å²) in [6.45, 7) is 8.02. The van der Waals surface area contributed by atoms with Crippen LogP contribution >= 0.6 is 0 Å². The van der Waals surface area contributed by atoms with Gasteiger partial charge in [0.05, 0.1) is 63.8 Å². The van der Waals surface area contributed by atoms with Crippen molar-refractivity contribution in [3.8, 4) is 85.6 Å². The molecule has 3 heterocycles. The first-order chi connectivity index (χ1) is 30.1. The monoisotopic (exact) mass is 778 g/mol. The Morgan fingerprint density at radius 3 is 1.21 bits per heavy atom. The van der Waals surface area contributed by atoms with E-state index < -0.39 is 0 Å². The van der Waals surface area contributed by atoms with E-state index in [4.69, 9.17) is 26.5 Å². The molecule has 0 unspecified atom stereocenters. The van der Waals surface area contributed by atoms with E-state index in [1.54, 1.807) is 24.3 Å². The minimum atomic E-state index is 0.346. The van der Waals surface area contributed by atoms with Gasteiger partial charge in [0.15, 0.2) is 17.3 Å². The van der Waals surface area contributed by atoms with Crippen LogP contribution in [0.25, 0.3) is 100 Å². The summed E-state index contributed by atoms with van der Waals surface area (Å²) < 4.78 is 2.05. The lowest BCUT2D eigenvalue weighted by Gasteiger charge is -2.20. The molecule has 0 saturated carbocycles. The third-order valence-electron chi connectivity index (χ3n) is 10.7. The first-order valence-electron chi connectivity index (χ1n) is 19.5. The number of nitriles is 2. The molecule has 0 saturated heterocycles. The average Bonchev–Trinajstić information content (AvgIpc) is 3.66. The number of aromatic nitrogens is 5. The predicted molar refractivity (Wildman–Crippen MR) is 240 cm³/mol. The smallest absolute Gasteiger partial charge is 0.189 e. The fraction of sp³-hybridized carbons (Fsp3) is 0. The van der Waals surface area contributed by atoms with E-state index in [-0.39, 0.29) is 0 Å². The van der Waals surface area contributed by atoms with Crippen molar-refractivity contribution in [1.29, 1.82) is 10.5 Å². The molecule has 7 aromatic carbocycles. The molecule has 0 N–H and O–H groups in total. The van der Waals surface area contributed by atoms with Crippen LogP contribution in [0.15, 0.2) is 182 Å². The minimum Gasteiger partial charge on any atom is -0.309 e. The van der Waals surface area contributed by atoms with Crippen LogP contribution in [0.5, 0.6) is 0 Å². The molecule has 282 valence electrons. The molecule has 0 radical (unpaired) electrons. The summed E-state index contributed by atoms with van der Waals surface area (Å²) >= 11 is 0. The molecule has 10 aromatic rings. The van der Waals surface area contributed by atoms with Gasteiger partial charge in [-0.3, -0.25) is 0 Å². The zero-order valence-electron chi connectivity index (χ0n) is 32.4. The standard InChI is InChI=1S/C53H30N8/c1-56-40-23-25-42-41-24-22-34(32-54)28-49(41)61(50(42)29-40)51-43(52-57-45(36-14-6-2-7-15-36)30-46(58-52)37-16-8-3-9-17-37)26-35(33-55)27-44(51)53-59-47(38-18-10-4-11-19-38)31-48(60-53)39-20-12-5-13-21-39/h2-31H. The lowest BCUT2D eigenvalue weighted by molar-refractivity contribution is 1.12. The van der Waals surface area contributed by atoms with Crippen LogP contribution in [0, 0.1) is 29.2 Å². The van der Waals surface area contributed by atoms with Gasteiger partial charge in [-0.2, -0.15) is 10.5 Å². The summed E-state index contributed by atoms with van der Waals surface area (Å²) in [6.07, 6.45) is 0. The summed E-state index contributed by atoms with van der Waals surface area (Å²) in [6, 6.07) is 63.2. The third kappa shape index (κ3) is 6.71. The molecule has 0 bridgehead atoms. The molecule has 8 heteroatoms. The van der Waals surface area contributed by atoms with E-state index in [0.29, 0.717) is 73.6 Å². The van der Waals surface area contributed by atoms with Crippen molar-refractivity contribution < 1.29 is 0 Å². The van der Waals surface area contributed by atoms with Crippen molar-refractivity contribution in [3.05, 3.63) is 205 Å². The number of benzene rings is 7. The normalized spacial score (nSPS) is 10.9. The Morgan fingerprint density at radius 1 is 0.426 bits per heavy atom. The van der Waals surface area contributed by atoms with Crippen LogP contribution in [0.2, 0.25) is 0 Å². The van der Waals surface area contributed by atoms with Crippen LogP contribution < -0.4 is 0 Å². The fourth-order valence-corrected chi connectivity index (χ4v) is 7.83. The SMILES string of the molecule is [C-]#[N+]c1ccc2c3ccc(C#N)cc3n(-c3c(-c4nc(-c5ccccc5)cc(-c5ccccc5)n4)cc(C#N)cc3-c3nc(-c4ccccc4)cc(-c4ccccc4)n3)c2c1. The second-order valence-corrected chi connectivity index (χ2v) is 14.4. The second kappa shape index (κ2) is 15.4. The van der Waals surface area contributed by atoms with E-state index in [0.717, 1.165) is 38.5 Å². The molecule has 61 heavy (non-hydrogen) atoms. The molecule has 0 aliphatic carbocycles. The molecule has 10 rings (SSSR count). The average molecular weight is 779 g/mol. The molecule has 0 spiro atoms. The topological polar surface area (TPSA) is 108 Å². The van der Waals surface area contributed by atoms with Gasteiger partial charge >= 0.3 is 0 Å². The molecular weight excluding hydrogens is 749 g/mol. The van der Waals surface area contributed by atoms with Crippen LogP contribution in [0.4, 0.5) is 5.69 Å². The molecule has 0 atom stereocenters. The van der Waals surface area contributed by atoms with Crippen LogP contribution in [-0.2, 0) is 0 Å². The van der Waals surface area contributed by atoms with Crippen LogP contribution in [0.1, 0.15) is 11.1 Å². The van der Waals surface area contributed by atoms with Gasteiger partial charge in [-0.05, 0) is 42.5 Å². The fourth-order valence-electron chi connectivity index (χ4n) is 7.83. The maximum atomic E-state index is 10.8. The minimum absolute atomic E-state index is 0.346. The highest BCUT2D eigenvalue weighted by Gasteiger charge is 2.26. The summed E-state index contributed by atoms with van der Waals surface area (Å²) in [4.78, 5) is 24.9. The van der Waals surface area contributed by atoms with E-state index in [1.165, 1.54) is 0 Å². The van der Waals surface area contributed by atoms with Gasteiger partial charge in [0.25, 0.3) is 0 Å². The number of hydrogen-bond acceptors (Lipinski definition) is 6. The van der Waals surface area contributed by atoms with Gasteiger partial charge in [-0.25, -0.2) is 24.8 Å². The van der Waals surface area contributed by atoms with E-state index in [1.807, 2.05) is 162 Å². The zero-order chi connectivity index (χ0) is 41.3. The van der Waals surface area contributed by atoms with Crippen molar-refractivity contribution >= 4 is 27.5 Å². The predicted octanol–water partition coefficient (Wildman–Crippen LogP) is 12.7. The number of rotatable bonds is 7. The Labute approximate surface area is 351 Å². The maximum Gasteiger partial charge on any atom is 0.189 e. The largest absolute Gasteiger partial charge is 0.309 e. The van der Waals surface area contributed by atoms with Gasteiger partial charge in [0.1, 0.15) is 0 Å². The Balaban J connectivity index is 1.39. The van der Waals surface area contributed by atoms with Crippen molar-refractivity contribution in [2.75, 3.05) is 0 Å². The van der Waals surface area contributed by atoms with Crippen molar-refractivity contribution in [1.82, 2.24) is 24.5 Å². The zero-order valence-corrected chi connectivity index (χ0v) is 32.4. The van der Waals surface area contributed by atoms with Gasteiger partial charge in [-0.15, -0.1) is 0 Å². The number of nitrogens with zero attached hydrogens (tertiary/aromatic N) is 8. The molecule has 0 aliphatic heterocycles. The van der Waals surface area contributed by atoms with Gasteiger partial charge < -0.3 is 4.57 Å². The molecular formula is C53H30N8. The van der Waals surface area contributed by atoms with Crippen molar-refractivity contribution in [2.45, 2.75) is 0 Å². The summed E-state index contributed by atoms with van der Waals surface area (Å²) in [5.74, 6) is 0.729. The van der Waals surface area contributed by atoms with Crippen LogP contribution in [0.3, 0.4) is 0 Å². The summed E-state index contributed by atoms with van der Waals surface area (Å²) in [5, 5.41) is 22.8. The maximum absolute atomic E-state index is 10.8. The Bertz CT molecular complexity index is 3100. The summed E-state index contributed by atoms with van der Waals surface area (Å²) in [5.41, 5.74) is 10.7. The van der Waals surface area contributed by atoms with Crippen molar-refractivity contribution in [2.24, 2.45) is 0 Å². The van der Waals surface area contributed by atoms with Gasteiger partial charge in [0, 0.05) is 49.7 Å². The second-order valence-electron chi connectivity index (χ2n) is 14.4. The first kappa shape index (κ1) is 36.3. The molecule has 0 fully saturated rings.